The summed E-state index contributed by atoms with van der Waals surface area (Å²) in [6, 6.07) is 0.211. The maximum atomic E-state index is 11.4. The van der Waals surface area contributed by atoms with E-state index in [4.69, 9.17) is 4.74 Å². The van der Waals surface area contributed by atoms with E-state index in [0.29, 0.717) is 17.3 Å². The molecule has 0 aromatic carbocycles. The Bertz CT molecular complexity index is 646. The van der Waals surface area contributed by atoms with Crippen LogP contribution in [-0.2, 0) is 9.53 Å². The molecular formula is C16H25BrN6O2. The van der Waals surface area contributed by atoms with Gasteiger partial charge in [0.25, 0.3) is 5.95 Å². The van der Waals surface area contributed by atoms with Gasteiger partial charge in [0.05, 0.1) is 6.61 Å². The zero-order valence-corrected chi connectivity index (χ0v) is 16.8. The van der Waals surface area contributed by atoms with Crippen molar-refractivity contribution in [3.8, 4) is 0 Å². The molecule has 0 unspecified atom stereocenters. The van der Waals surface area contributed by atoms with Crippen molar-refractivity contribution in [2.45, 2.75) is 64.6 Å². The summed E-state index contributed by atoms with van der Waals surface area (Å²) in [6.45, 7) is 10.7. The van der Waals surface area contributed by atoms with Crippen LogP contribution in [0.2, 0.25) is 0 Å². The van der Waals surface area contributed by atoms with E-state index in [2.05, 4.69) is 74.2 Å². The van der Waals surface area contributed by atoms with Crippen molar-refractivity contribution < 1.29 is 9.53 Å². The molecule has 0 saturated carbocycles. The predicted molar refractivity (Wildman–Crippen MR) is 100 cm³/mol. The van der Waals surface area contributed by atoms with Crippen LogP contribution in [0.5, 0.6) is 0 Å². The molecule has 0 bridgehead atoms. The summed E-state index contributed by atoms with van der Waals surface area (Å²) in [5.74, 6) is 0.0386. The van der Waals surface area contributed by atoms with Gasteiger partial charge in [0.15, 0.2) is 0 Å². The summed E-state index contributed by atoms with van der Waals surface area (Å²) >= 11 is 3.26. The highest BCUT2D eigenvalue weighted by atomic mass is 79.9. The lowest BCUT2D eigenvalue weighted by atomic mass is 9.80. The minimum atomic E-state index is -0.532. The molecule has 0 amide bonds. The lowest BCUT2D eigenvalue weighted by Gasteiger charge is -2.46. The number of hydrogen-bond donors (Lipinski definition) is 2. The smallest absolute Gasteiger partial charge is 0.349 e. The van der Waals surface area contributed by atoms with E-state index in [1.165, 1.54) is 0 Å². The van der Waals surface area contributed by atoms with Gasteiger partial charge >= 0.3 is 5.97 Å². The Labute approximate surface area is 156 Å². The van der Waals surface area contributed by atoms with Gasteiger partial charge < -0.3 is 15.4 Å². The van der Waals surface area contributed by atoms with Crippen molar-refractivity contribution in [3.05, 3.63) is 4.73 Å². The number of aliphatic imine (C=N–C) groups is 1. The summed E-state index contributed by atoms with van der Waals surface area (Å²) in [5.41, 5.74) is 0.0170. The monoisotopic (exact) mass is 412 g/mol. The molecule has 1 aliphatic heterocycles. The summed E-state index contributed by atoms with van der Waals surface area (Å²) < 4.78 is 5.15. The van der Waals surface area contributed by atoms with Crippen molar-refractivity contribution >= 4 is 40.0 Å². The second-order valence-corrected chi connectivity index (χ2v) is 8.09. The van der Waals surface area contributed by atoms with Gasteiger partial charge in [-0.3, -0.25) is 0 Å². The van der Waals surface area contributed by atoms with E-state index >= 15 is 0 Å². The van der Waals surface area contributed by atoms with E-state index in [9.17, 15) is 4.79 Å². The van der Waals surface area contributed by atoms with Crippen molar-refractivity contribution in [2.75, 3.05) is 11.9 Å². The van der Waals surface area contributed by atoms with Crippen LogP contribution in [-0.4, -0.2) is 50.9 Å². The maximum absolute atomic E-state index is 11.4. The Hall–Kier alpha value is -1.61. The topological polar surface area (TPSA) is 101 Å². The molecule has 1 aromatic rings. The number of halogens is 1. The molecule has 2 heterocycles. The van der Waals surface area contributed by atoms with Crippen LogP contribution < -0.4 is 10.6 Å². The molecule has 1 fully saturated rings. The average Bonchev–Trinajstić information content (AvgIpc) is 2.41. The Morgan fingerprint density at radius 3 is 2.56 bits per heavy atom. The molecular weight excluding hydrogens is 388 g/mol. The lowest BCUT2D eigenvalue weighted by molar-refractivity contribution is -0.134. The summed E-state index contributed by atoms with van der Waals surface area (Å²) in [6.07, 6.45) is 2.92. The standard InChI is InChI=1S/C16H25BrN6O2/c1-6-25-11(24)9-18-13-20-12(17)21-14(22-13)19-10-7-15(2,3)23-16(4,5)8-10/h9-10,23H,6-8H2,1-5H3,(H,19,20,21,22)/b18-9+. The highest BCUT2D eigenvalue weighted by molar-refractivity contribution is 9.10. The van der Waals surface area contributed by atoms with Crippen LogP contribution in [0.1, 0.15) is 47.5 Å². The van der Waals surface area contributed by atoms with Gasteiger partial charge in [-0.1, -0.05) is 0 Å². The summed E-state index contributed by atoms with van der Waals surface area (Å²) in [4.78, 5) is 27.9. The first-order valence-electron chi connectivity index (χ1n) is 8.27. The average molecular weight is 413 g/mol. The highest BCUT2D eigenvalue weighted by Gasteiger charge is 2.37. The fourth-order valence-electron chi connectivity index (χ4n) is 3.36. The number of nitrogens with one attached hydrogen (secondary N) is 2. The Morgan fingerprint density at radius 2 is 1.96 bits per heavy atom. The van der Waals surface area contributed by atoms with Gasteiger partial charge in [0.2, 0.25) is 10.7 Å². The third-order valence-corrected chi connectivity index (χ3v) is 4.05. The van der Waals surface area contributed by atoms with Gasteiger partial charge in [-0.25, -0.2) is 9.79 Å². The number of esters is 1. The molecule has 9 heteroatoms. The van der Waals surface area contributed by atoms with Crippen molar-refractivity contribution in [3.63, 3.8) is 0 Å². The largest absolute Gasteiger partial charge is 0.462 e. The molecule has 0 aliphatic carbocycles. The normalized spacial score (nSPS) is 19.8. The van der Waals surface area contributed by atoms with Crippen LogP contribution in [0.15, 0.2) is 9.73 Å². The number of ether oxygens (including phenoxy) is 1. The molecule has 2 N–H and O–H groups in total. The van der Waals surface area contributed by atoms with E-state index in [-0.39, 0.29) is 23.1 Å². The molecule has 0 radical (unpaired) electrons. The van der Waals surface area contributed by atoms with Crippen LogP contribution in [0.4, 0.5) is 11.9 Å². The number of anilines is 1. The fourth-order valence-corrected chi connectivity index (χ4v) is 3.69. The Morgan fingerprint density at radius 1 is 1.32 bits per heavy atom. The number of hydrogen-bond acceptors (Lipinski definition) is 8. The summed E-state index contributed by atoms with van der Waals surface area (Å²) in [5, 5.41) is 7.00. The van der Waals surface area contributed by atoms with Crippen molar-refractivity contribution in [2.24, 2.45) is 4.99 Å². The minimum Gasteiger partial charge on any atom is -0.462 e. The molecule has 25 heavy (non-hydrogen) atoms. The second-order valence-electron chi connectivity index (χ2n) is 7.38. The third kappa shape index (κ3) is 6.32. The molecule has 0 spiro atoms. The van der Waals surface area contributed by atoms with E-state index < -0.39 is 5.97 Å². The number of nitrogens with zero attached hydrogens (tertiary/aromatic N) is 4. The van der Waals surface area contributed by atoms with E-state index in [1.54, 1.807) is 6.92 Å². The molecule has 0 atom stereocenters. The molecule has 1 aliphatic rings. The molecule has 138 valence electrons. The zero-order chi connectivity index (χ0) is 18.7. The number of carbonyl (C=O) groups excluding carboxylic acids is 1. The fraction of sp³-hybridized carbons (Fsp3) is 0.688. The predicted octanol–water partition coefficient (Wildman–Crippen LogP) is 2.62. The quantitative estimate of drug-likeness (QED) is 0.565. The maximum Gasteiger partial charge on any atom is 0.349 e. The van der Waals surface area contributed by atoms with E-state index in [1.807, 2.05) is 0 Å². The first-order valence-corrected chi connectivity index (χ1v) is 9.06. The number of rotatable bonds is 5. The molecule has 2 rings (SSSR count). The number of carbonyl (C=O) groups is 1. The first kappa shape index (κ1) is 19.7. The molecule has 1 saturated heterocycles. The van der Waals surface area contributed by atoms with E-state index in [0.717, 1.165) is 19.1 Å². The second kappa shape index (κ2) is 7.74. The number of aromatic nitrogens is 3. The Balaban J connectivity index is 2.13. The van der Waals surface area contributed by atoms with Crippen LogP contribution in [0, 0.1) is 0 Å². The van der Waals surface area contributed by atoms with Gasteiger partial charge in [0, 0.05) is 17.1 Å². The van der Waals surface area contributed by atoms with Gasteiger partial charge in [0.1, 0.15) is 6.21 Å². The van der Waals surface area contributed by atoms with Crippen LogP contribution in [0.25, 0.3) is 0 Å². The van der Waals surface area contributed by atoms with Crippen LogP contribution in [0.3, 0.4) is 0 Å². The van der Waals surface area contributed by atoms with Crippen molar-refractivity contribution in [1.82, 2.24) is 20.3 Å². The van der Waals surface area contributed by atoms with Crippen LogP contribution >= 0.6 is 15.9 Å². The van der Waals surface area contributed by atoms with Gasteiger partial charge in [-0.15, -0.1) is 0 Å². The van der Waals surface area contributed by atoms with Gasteiger partial charge in [-0.2, -0.15) is 15.0 Å². The SMILES string of the molecule is CCOC(=O)/C=N/c1nc(Br)nc(NC2CC(C)(C)NC(C)(C)C2)n1. The van der Waals surface area contributed by atoms with Gasteiger partial charge in [-0.05, 0) is 63.4 Å². The first-order chi connectivity index (χ1) is 11.6. The number of piperidine rings is 1. The third-order valence-electron chi connectivity index (χ3n) is 3.69. The lowest BCUT2D eigenvalue weighted by Crippen LogP contribution is -2.60. The minimum absolute atomic E-state index is 0.00850. The highest BCUT2D eigenvalue weighted by Crippen LogP contribution is 2.30. The molecule has 1 aromatic heterocycles. The molecule has 8 nitrogen and oxygen atoms in total. The summed E-state index contributed by atoms with van der Waals surface area (Å²) in [7, 11) is 0. The zero-order valence-electron chi connectivity index (χ0n) is 15.3. The Kier molecular flexibility index (Phi) is 6.10. The van der Waals surface area contributed by atoms with Crippen molar-refractivity contribution in [1.29, 1.82) is 0 Å².